The fourth-order valence-corrected chi connectivity index (χ4v) is 2.56. The minimum Gasteiger partial charge on any atom is -0.381 e. The number of nitrogens with one attached hydrogen (secondary N) is 1. The number of benzene rings is 3. The molecule has 0 amide bonds. The molecule has 0 aromatic heterocycles. The molecule has 0 saturated carbocycles. The first-order valence-corrected chi connectivity index (χ1v) is 7.08. The zero-order chi connectivity index (χ0) is 13.1. The molecular formula is C17H14BrN. The molecule has 3 aromatic rings. The second-order valence-corrected chi connectivity index (χ2v) is 5.36. The molecular weight excluding hydrogens is 298 g/mol. The predicted octanol–water partition coefficient (Wildman–Crippen LogP) is 5.21. The number of hydrogen-bond acceptors (Lipinski definition) is 1. The van der Waals surface area contributed by atoms with E-state index in [1.165, 1.54) is 16.3 Å². The summed E-state index contributed by atoms with van der Waals surface area (Å²) in [5.41, 5.74) is 2.41. The maximum absolute atomic E-state index is 3.57. The Hall–Kier alpha value is -1.80. The fourth-order valence-electron chi connectivity index (χ4n) is 2.14. The largest absolute Gasteiger partial charge is 0.381 e. The van der Waals surface area contributed by atoms with E-state index in [4.69, 9.17) is 0 Å². The average molecular weight is 312 g/mol. The van der Waals surface area contributed by atoms with Crippen LogP contribution in [0.1, 0.15) is 5.56 Å². The van der Waals surface area contributed by atoms with Crippen LogP contribution in [0.3, 0.4) is 0 Å². The normalized spacial score (nSPS) is 10.6. The second kappa shape index (κ2) is 5.45. The highest BCUT2D eigenvalue weighted by Gasteiger charge is 1.99. The number of hydrogen-bond donors (Lipinski definition) is 1. The molecule has 0 fully saturated rings. The summed E-state index contributed by atoms with van der Waals surface area (Å²) in [6.45, 7) is 0.819. The van der Waals surface area contributed by atoms with Gasteiger partial charge in [-0.15, -0.1) is 0 Å². The van der Waals surface area contributed by atoms with E-state index < -0.39 is 0 Å². The summed E-state index contributed by atoms with van der Waals surface area (Å²) in [4.78, 5) is 0. The van der Waals surface area contributed by atoms with Gasteiger partial charge >= 0.3 is 0 Å². The van der Waals surface area contributed by atoms with Gasteiger partial charge in [0, 0.05) is 16.7 Å². The summed E-state index contributed by atoms with van der Waals surface area (Å²) in [6.07, 6.45) is 0. The van der Waals surface area contributed by atoms with Gasteiger partial charge in [0.25, 0.3) is 0 Å². The molecule has 0 aliphatic rings. The van der Waals surface area contributed by atoms with Gasteiger partial charge < -0.3 is 5.32 Å². The Kier molecular flexibility index (Phi) is 3.51. The van der Waals surface area contributed by atoms with Crippen molar-refractivity contribution in [2.24, 2.45) is 0 Å². The maximum Gasteiger partial charge on any atom is 0.0411 e. The van der Waals surface area contributed by atoms with Crippen LogP contribution >= 0.6 is 15.9 Å². The Morgan fingerprint density at radius 1 is 0.789 bits per heavy atom. The molecule has 0 radical (unpaired) electrons. The smallest absolute Gasteiger partial charge is 0.0411 e. The van der Waals surface area contributed by atoms with Gasteiger partial charge in [0.2, 0.25) is 0 Å². The van der Waals surface area contributed by atoms with E-state index in [1.807, 2.05) is 6.07 Å². The standard InChI is InChI=1S/C17H14BrN/c18-17-8-4-3-7-15(17)12-19-16-10-9-13-5-1-2-6-14(13)11-16/h1-11,19H,12H2. The van der Waals surface area contributed by atoms with E-state index >= 15 is 0 Å². The van der Waals surface area contributed by atoms with Crippen molar-refractivity contribution in [3.63, 3.8) is 0 Å². The van der Waals surface area contributed by atoms with Gasteiger partial charge in [-0.2, -0.15) is 0 Å². The van der Waals surface area contributed by atoms with Crippen molar-refractivity contribution in [3.05, 3.63) is 76.8 Å². The third-order valence-corrected chi connectivity index (χ3v) is 3.96. The highest BCUT2D eigenvalue weighted by atomic mass is 79.9. The lowest BCUT2D eigenvalue weighted by molar-refractivity contribution is 1.14. The summed E-state index contributed by atoms with van der Waals surface area (Å²) in [5.74, 6) is 0. The molecule has 1 N–H and O–H groups in total. The van der Waals surface area contributed by atoms with E-state index in [2.05, 4.69) is 81.9 Å². The Balaban J connectivity index is 1.80. The monoisotopic (exact) mass is 311 g/mol. The van der Waals surface area contributed by atoms with E-state index in [-0.39, 0.29) is 0 Å². The summed E-state index contributed by atoms with van der Waals surface area (Å²) in [7, 11) is 0. The Labute approximate surface area is 121 Å². The third kappa shape index (κ3) is 2.79. The molecule has 0 saturated heterocycles. The molecule has 3 aromatic carbocycles. The lowest BCUT2D eigenvalue weighted by atomic mass is 10.1. The molecule has 0 bridgehead atoms. The van der Waals surface area contributed by atoms with Crippen molar-refractivity contribution in [1.29, 1.82) is 0 Å². The van der Waals surface area contributed by atoms with Gasteiger partial charge in [-0.25, -0.2) is 0 Å². The van der Waals surface area contributed by atoms with Crippen LogP contribution in [0.5, 0.6) is 0 Å². The van der Waals surface area contributed by atoms with Crippen molar-refractivity contribution in [3.8, 4) is 0 Å². The lowest BCUT2D eigenvalue weighted by Gasteiger charge is -2.09. The molecule has 0 atom stereocenters. The van der Waals surface area contributed by atoms with Crippen LogP contribution in [0, 0.1) is 0 Å². The van der Waals surface area contributed by atoms with Crippen LogP contribution in [0.2, 0.25) is 0 Å². The Bertz CT molecular complexity index is 706. The van der Waals surface area contributed by atoms with Gasteiger partial charge in [-0.05, 0) is 34.5 Å². The first kappa shape index (κ1) is 12.2. The molecule has 0 aliphatic heterocycles. The third-order valence-electron chi connectivity index (χ3n) is 3.19. The summed E-state index contributed by atoms with van der Waals surface area (Å²) in [6, 6.07) is 23.1. The SMILES string of the molecule is Brc1ccccc1CNc1ccc2ccccc2c1. The summed E-state index contributed by atoms with van der Waals surface area (Å²) >= 11 is 3.57. The van der Waals surface area contributed by atoms with Crippen LogP contribution in [-0.4, -0.2) is 0 Å². The highest BCUT2D eigenvalue weighted by molar-refractivity contribution is 9.10. The molecule has 0 spiro atoms. The Morgan fingerprint density at radius 3 is 2.37 bits per heavy atom. The molecule has 0 unspecified atom stereocenters. The summed E-state index contributed by atoms with van der Waals surface area (Å²) < 4.78 is 1.14. The lowest BCUT2D eigenvalue weighted by Crippen LogP contribution is -1.99. The highest BCUT2D eigenvalue weighted by Crippen LogP contribution is 2.21. The predicted molar refractivity (Wildman–Crippen MR) is 85.4 cm³/mol. The molecule has 0 aliphatic carbocycles. The van der Waals surface area contributed by atoms with E-state index in [0.717, 1.165) is 16.7 Å². The maximum atomic E-state index is 3.57. The molecule has 19 heavy (non-hydrogen) atoms. The number of anilines is 1. The zero-order valence-electron chi connectivity index (χ0n) is 10.4. The number of halogens is 1. The zero-order valence-corrected chi connectivity index (χ0v) is 12.0. The van der Waals surface area contributed by atoms with Crippen LogP contribution in [-0.2, 0) is 6.54 Å². The van der Waals surface area contributed by atoms with Crippen LogP contribution < -0.4 is 5.32 Å². The molecule has 94 valence electrons. The fraction of sp³-hybridized carbons (Fsp3) is 0.0588. The van der Waals surface area contributed by atoms with E-state index in [9.17, 15) is 0 Å². The minimum atomic E-state index is 0.819. The molecule has 2 heteroatoms. The number of fused-ring (bicyclic) bond motifs is 1. The second-order valence-electron chi connectivity index (χ2n) is 4.51. The van der Waals surface area contributed by atoms with Gasteiger partial charge in [0.1, 0.15) is 0 Å². The van der Waals surface area contributed by atoms with Crippen molar-refractivity contribution >= 4 is 32.4 Å². The Morgan fingerprint density at radius 2 is 1.53 bits per heavy atom. The van der Waals surface area contributed by atoms with Gasteiger partial charge in [0.05, 0.1) is 0 Å². The molecule has 0 heterocycles. The van der Waals surface area contributed by atoms with Gasteiger partial charge in [-0.1, -0.05) is 64.5 Å². The van der Waals surface area contributed by atoms with E-state index in [1.54, 1.807) is 0 Å². The van der Waals surface area contributed by atoms with Crippen molar-refractivity contribution < 1.29 is 0 Å². The average Bonchev–Trinajstić information content (AvgIpc) is 2.46. The van der Waals surface area contributed by atoms with Crippen molar-refractivity contribution in [2.75, 3.05) is 5.32 Å². The molecule has 3 rings (SSSR count). The van der Waals surface area contributed by atoms with Gasteiger partial charge in [-0.3, -0.25) is 0 Å². The quantitative estimate of drug-likeness (QED) is 0.699. The minimum absolute atomic E-state index is 0.819. The van der Waals surface area contributed by atoms with Crippen LogP contribution in [0.15, 0.2) is 71.2 Å². The van der Waals surface area contributed by atoms with Crippen LogP contribution in [0.4, 0.5) is 5.69 Å². The van der Waals surface area contributed by atoms with Gasteiger partial charge in [0.15, 0.2) is 0 Å². The topological polar surface area (TPSA) is 12.0 Å². The first-order valence-electron chi connectivity index (χ1n) is 6.29. The molecule has 1 nitrogen and oxygen atoms in total. The summed E-state index contributed by atoms with van der Waals surface area (Å²) in [5, 5.41) is 6.00. The van der Waals surface area contributed by atoms with E-state index in [0.29, 0.717) is 0 Å². The first-order chi connectivity index (χ1) is 9.33. The van der Waals surface area contributed by atoms with Crippen molar-refractivity contribution in [2.45, 2.75) is 6.54 Å². The van der Waals surface area contributed by atoms with Crippen LogP contribution in [0.25, 0.3) is 10.8 Å². The number of rotatable bonds is 3. The van der Waals surface area contributed by atoms with Crippen molar-refractivity contribution in [1.82, 2.24) is 0 Å².